The predicted molar refractivity (Wildman–Crippen MR) is 104 cm³/mol. The first-order valence-corrected chi connectivity index (χ1v) is 9.29. The van der Waals surface area contributed by atoms with E-state index in [4.69, 9.17) is 37.4 Å². The number of aromatic nitrogens is 2. The van der Waals surface area contributed by atoms with Crippen molar-refractivity contribution in [2.24, 2.45) is 0 Å². The number of ether oxygens (including phenoxy) is 3. The van der Waals surface area contributed by atoms with E-state index in [-0.39, 0.29) is 24.1 Å². The van der Waals surface area contributed by atoms with Gasteiger partial charge in [-0.25, -0.2) is 9.48 Å². The lowest BCUT2D eigenvalue weighted by Crippen LogP contribution is -2.14. The Bertz CT molecular complexity index is 1030. The van der Waals surface area contributed by atoms with Gasteiger partial charge in [0.1, 0.15) is 23.1 Å². The summed E-state index contributed by atoms with van der Waals surface area (Å²) in [5.74, 6) is 0.0664. The highest BCUT2D eigenvalue weighted by Gasteiger charge is 2.24. The van der Waals surface area contributed by atoms with Crippen molar-refractivity contribution in [3.8, 4) is 11.4 Å². The first-order valence-electron chi connectivity index (χ1n) is 8.54. The third-order valence-electron chi connectivity index (χ3n) is 4.32. The zero-order valence-electron chi connectivity index (χ0n) is 14.9. The van der Waals surface area contributed by atoms with E-state index in [2.05, 4.69) is 5.10 Å². The Balaban J connectivity index is 1.57. The van der Waals surface area contributed by atoms with Crippen LogP contribution in [0.1, 0.15) is 27.2 Å². The van der Waals surface area contributed by atoms with Crippen LogP contribution in [0.4, 0.5) is 0 Å². The summed E-state index contributed by atoms with van der Waals surface area (Å²) in [6, 6.07) is 12.8. The summed E-state index contributed by atoms with van der Waals surface area (Å²) in [4.78, 5) is 12.7. The maximum absolute atomic E-state index is 12.7. The molecule has 0 atom stereocenters. The van der Waals surface area contributed by atoms with Crippen LogP contribution in [0.15, 0.2) is 42.5 Å². The number of halogens is 2. The van der Waals surface area contributed by atoms with Gasteiger partial charge in [0.15, 0.2) is 6.79 Å². The Kier molecular flexibility index (Phi) is 5.26. The van der Waals surface area contributed by atoms with Gasteiger partial charge in [0.25, 0.3) is 0 Å². The zero-order valence-corrected chi connectivity index (χ0v) is 16.5. The molecule has 2 aromatic carbocycles. The van der Waals surface area contributed by atoms with Crippen molar-refractivity contribution < 1.29 is 19.0 Å². The number of nitrogens with zero attached hydrogens (tertiary/aromatic N) is 2. The van der Waals surface area contributed by atoms with Crippen molar-refractivity contribution in [3.05, 3.63) is 75.0 Å². The van der Waals surface area contributed by atoms with Gasteiger partial charge in [-0.1, -0.05) is 41.4 Å². The molecule has 0 N–H and O–H groups in total. The molecule has 0 saturated heterocycles. The van der Waals surface area contributed by atoms with Gasteiger partial charge < -0.3 is 14.2 Å². The molecule has 1 aromatic heterocycles. The van der Waals surface area contributed by atoms with Crippen LogP contribution in [-0.2, 0) is 22.7 Å². The zero-order chi connectivity index (χ0) is 19.7. The Hall–Kier alpha value is -2.54. The van der Waals surface area contributed by atoms with Crippen molar-refractivity contribution in [1.82, 2.24) is 9.78 Å². The molecule has 8 heteroatoms. The van der Waals surface area contributed by atoms with Gasteiger partial charge in [0, 0.05) is 16.1 Å². The smallest absolute Gasteiger partial charge is 0.343 e. The maximum Gasteiger partial charge on any atom is 0.343 e. The average Bonchev–Trinajstić information content (AvgIpc) is 3.00. The summed E-state index contributed by atoms with van der Waals surface area (Å²) in [6.07, 6.45) is 0. The number of hydrogen-bond acceptors (Lipinski definition) is 5. The number of benzene rings is 2. The van der Waals surface area contributed by atoms with Gasteiger partial charge in [0.2, 0.25) is 0 Å². The highest BCUT2D eigenvalue weighted by atomic mass is 35.5. The van der Waals surface area contributed by atoms with Crippen molar-refractivity contribution in [2.45, 2.75) is 20.1 Å². The molecule has 4 rings (SSSR count). The largest absolute Gasteiger partial charge is 0.467 e. The van der Waals surface area contributed by atoms with Gasteiger partial charge in [-0.05, 0) is 31.2 Å². The van der Waals surface area contributed by atoms with E-state index in [1.54, 1.807) is 19.1 Å². The quantitative estimate of drug-likeness (QED) is 0.574. The van der Waals surface area contributed by atoms with Gasteiger partial charge in [0.05, 0.1) is 18.0 Å². The maximum atomic E-state index is 12.7. The Morgan fingerprint density at radius 3 is 2.82 bits per heavy atom. The minimum absolute atomic E-state index is 0.00594. The lowest BCUT2D eigenvalue weighted by Gasteiger charge is -2.21. The number of para-hydroxylation sites is 1. The van der Waals surface area contributed by atoms with E-state index in [0.717, 1.165) is 11.3 Å². The third-order valence-corrected chi connectivity index (χ3v) is 4.89. The molecule has 6 nitrogen and oxygen atoms in total. The fourth-order valence-electron chi connectivity index (χ4n) is 3.05. The topological polar surface area (TPSA) is 62.6 Å². The van der Waals surface area contributed by atoms with E-state index in [1.807, 2.05) is 30.3 Å². The van der Waals surface area contributed by atoms with Gasteiger partial charge in [-0.2, -0.15) is 5.10 Å². The van der Waals surface area contributed by atoms with Crippen LogP contribution in [0.25, 0.3) is 5.69 Å². The second-order valence-corrected chi connectivity index (χ2v) is 7.03. The molecule has 0 radical (unpaired) electrons. The van der Waals surface area contributed by atoms with Crippen molar-refractivity contribution >= 4 is 29.2 Å². The number of carbonyl (C=O) groups excluding carboxylic acids is 1. The first-order chi connectivity index (χ1) is 13.5. The van der Waals surface area contributed by atoms with Crippen molar-refractivity contribution in [2.75, 3.05) is 6.79 Å². The van der Waals surface area contributed by atoms with E-state index in [1.165, 1.54) is 4.68 Å². The minimum Gasteiger partial charge on any atom is -0.467 e. The van der Waals surface area contributed by atoms with Crippen LogP contribution in [0, 0.1) is 6.92 Å². The SMILES string of the molecule is Cc1nn(-c2ccccc2)c(Cl)c1C(=O)OCc1cc(Cl)cc2c1OCOC2. The normalized spacial score (nSPS) is 13.0. The molecule has 0 unspecified atom stereocenters. The fourth-order valence-corrected chi connectivity index (χ4v) is 3.66. The van der Waals surface area contributed by atoms with E-state index < -0.39 is 5.97 Å². The molecule has 0 saturated carbocycles. The molecule has 0 spiro atoms. The molecule has 0 amide bonds. The second-order valence-electron chi connectivity index (χ2n) is 6.24. The molecule has 1 aliphatic heterocycles. The predicted octanol–water partition coefficient (Wildman–Crippen LogP) is 4.71. The van der Waals surface area contributed by atoms with Gasteiger partial charge in [-0.15, -0.1) is 0 Å². The standard InChI is InChI=1S/C20H16Cl2N2O4/c1-12-17(19(22)24(23-12)16-5-3-2-4-6-16)20(25)27-10-14-8-15(21)7-13-9-26-11-28-18(13)14/h2-8H,9-11H2,1H3. The fraction of sp³-hybridized carbons (Fsp3) is 0.200. The molecule has 0 aliphatic carbocycles. The minimum atomic E-state index is -0.564. The summed E-state index contributed by atoms with van der Waals surface area (Å²) >= 11 is 12.6. The number of carbonyl (C=O) groups is 1. The van der Waals surface area contributed by atoms with Crippen molar-refractivity contribution in [3.63, 3.8) is 0 Å². The molecule has 1 aliphatic rings. The highest BCUT2D eigenvalue weighted by Crippen LogP contribution is 2.32. The number of hydrogen-bond donors (Lipinski definition) is 0. The number of aryl methyl sites for hydroxylation is 1. The lowest BCUT2D eigenvalue weighted by atomic mass is 10.1. The molecular formula is C20H16Cl2N2O4. The molecule has 28 heavy (non-hydrogen) atoms. The third kappa shape index (κ3) is 3.58. The number of esters is 1. The monoisotopic (exact) mass is 418 g/mol. The molecule has 144 valence electrons. The van der Waals surface area contributed by atoms with Crippen LogP contribution in [0.2, 0.25) is 10.2 Å². The van der Waals surface area contributed by atoms with Crippen LogP contribution in [0.3, 0.4) is 0 Å². The van der Waals surface area contributed by atoms with Gasteiger partial charge >= 0.3 is 5.97 Å². The van der Waals surface area contributed by atoms with E-state index in [0.29, 0.717) is 28.6 Å². The van der Waals surface area contributed by atoms with Crippen LogP contribution in [-0.4, -0.2) is 22.5 Å². The average molecular weight is 419 g/mol. The van der Waals surface area contributed by atoms with Crippen molar-refractivity contribution in [1.29, 1.82) is 0 Å². The first kappa shape index (κ1) is 18.8. The van der Waals surface area contributed by atoms with Crippen LogP contribution >= 0.6 is 23.2 Å². The summed E-state index contributed by atoms with van der Waals surface area (Å²) in [5.41, 5.74) is 2.95. The molecule has 0 fully saturated rings. The lowest BCUT2D eigenvalue weighted by molar-refractivity contribution is -0.0180. The molecular weight excluding hydrogens is 403 g/mol. The summed E-state index contributed by atoms with van der Waals surface area (Å²) in [6.45, 7) is 2.24. The molecule has 3 aromatic rings. The number of rotatable bonds is 4. The van der Waals surface area contributed by atoms with Crippen LogP contribution in [0.5, 0.6) is 5.75 Å². The summed E-state index contributed by atoms with van der Waals surface area (Å²) in [5, 5.41) is 5.08. The Morgan fingerprint density at radius 1 is 1.25 bits per heavy atom. The van der Waals surface area contributed by atoms with E-state index in [9.17, 15) is 4.79 Å². The summed E-state index contributed by atoms with van der Waals surface area (Å²) < 4.78 is 17.8. The van der Waals surface area contributed by atoms with Gasteiger partial charge in [-0.3, -0.25) is 0 Å². The molecule has 0 bridgehead atoms. The van der Waals surface area contributed by atoms with Crippen LogP contribution < -0.4 is 4.74 Å². The molecule has 2 heterocycles. The highest BCUT2D eigenvalue weighted by molar-refractivity contribution is 6.33. The Labute approximate surface area is 171 Å². The van der Waals surface area contributed by atoms with E-state index >= 15 is 0 Å². The summed E-state index contributed by atoms with van der Waals surface area (Å²) in [7, 11) is 0. The number of fused-ring (bicyclic) bond motifs is 1. The Morgan fingerprint density at radius 2 is 2.04 bits per heavy atom. The second kappa shape index (κ2) is 7.83.